The summed E-state index contributed by atoms with van der Waals surface area (Å²) in [6.07, 6.45) is 6.38. The molecular weight excluding hydrogens is 258 g/mol. The Morgan fingerprint density at radius 1 is 1.26 bits per heavy atom. The lowest BCUT2D eigenvalue weighted by Gasteiger charge is -2.26. The van der Waals surface area contributed by atoms with Crippen LogP contribution in [0.5, 0.6) is 0 Å². The third-order valence-corrected chi connectivity index (χ3v) is 3.58. The smallest absolute Gasteiger partial charge is 0.0575 e. The quantitative estimate of drug-likeness (QED) is 0.833. The molecule has 0 radical (unpaired) electrons. The Hall–Kier alpha value is -1.45. The summed E-state index contributed by atoms with van der Waals surface area (Å²) in [5.74, 6) is 0. The molecule has 100 valence electrons. The largest absolute Gasteiger partial charge is 0.293 e. The molecule has 0 aliphatic rings. The minimum Gasteiger partial charge on any atom is -0.293 e. The van der Waals surface area contributed by atoms with Gasteiger partial charge >= 0.3 is 0 Å². The molecule has 0 fully saturated rings. The van der Waals surface area contributed by atoms with Crippen LogP contribution in [0, 0.1) is 0 Å². The van der Waals surface area contributed by atoms with E-state index < -0.39 is 0 Å². The fraction of sp³-hybridized carbons (Fsp3) is 0.333. The lowest BCUT2D eigenvalue weighted by molar-refractivity contribution is 0.226. The number of pyridine rings is 2. The molecule has 2 heterocycles. The highest BCUT2D eigenvalue weighted by atomic mass is 35.5. The molecule has 2 aromatic heterocycles. The molecule has 4 heteroatoms. The molecule has 1 unspecified atom stereocenters. The van der Waals surface area contributed by atoms with Gasteiger partial charge in [-0.3, -0.25) is 14.9 Å². The van der Waals surface area contributed by atoms with Gasteiger partial charge < -0.3 is 0 Å². The van der Waals surface area contributed by atoms with Crippen LogP contribution in [0.2, 0.25) is 5.02 Å². The molecule has 0 saturated carbocycles. The third kappa shape index (κ3) is 3.52. The molecule has 2 aromatic rings. The highest BCUT2D eigenvalue weighted by Crippen LogP contribution is 2.24. The fourth-order valence-corrected chi connectivity index (χ4v) is 2.39. The van der Waals surface area contributed by atoms with Crippen molar-refractivity contribution in [3.8, 4) is 0 Å². The highest BCUT2D eigenvalue weighted by Gasteiger charge is 2.17. The zero-order valence-electron chi connectivity index (χ0n) is 11.3. The van der Waals surface area contributed by atoms with Crippen LogP contribution in [-0.2, 0) is 6.54 Å². The highest BCUT2D eigenvalue weighted by molar-refractivity contribution is 6.31. The van der Waals surface area contributed by atoms with Crippen LogP contribution in [-0.4, -0.2) is 21.9 Å². The number of halogens is 1. The topological polar surface area (TPSA) is 29.0 Å². The lowest BCUT2D eigenvalue weighted by atomic mass is 10.1. The molecule has 0 bridgehead atoms. The summed E-state index contributed by atoms with van der Waals surface area (Å²) in [7, 11) is 2.09. The van der Waals surface area contributed by atoms with Crippen LogP contribution in [0.3, 0.4) is 0 Å². The van der Waals surface area contributed by atoms with Crippen LogP contribution >= 0.6 is 11.6 Å². The Bertz CT molecular complexity index is 516. The van der Waals surface area contributed by atoms with E-state index in [4.69, 9.17) is 11.6 Å². The van der Waals surface area contributed by atoms with Crippen molar-refractivity contribution in [1.29, 1.82) is 0 Å². The van der Waals surface area contributed by atoms with E-state index >= 15 is 0 Å². The maximum atomic E-state index is 6.18. The van der Waals surface area contributed by atoms with Gasteiger partial charge in [0.15, 0.2) is 0 Å². The summed E-state index contributed by atoms with van der Waals surface area (Å²) in [5, 5.41) is 0.762. The van der Waals surface area contributed by atoms with Gasteiger partial charge in [-0.25, -0.2) is 0 Å². The number of hydrogen-bond acceptors (Lipinski definition) is 3. The Morgan fingerprint density at radius 3 is 2.74 bits per heavy atom. The van der Waals surface area contributed by atoms with Crippen molar-refractivity contribution in [3.63, 3.8) is 0 Å². The van der Waals surface area contributed by atoms with Gasteiger partial charge in [-0.15, -0.1) is 0 Å². The monoisotopic (exact) mass is 275 g/mol. The summed E-state index contributed by atoms with van der Waals surface area (Å²) in [6.45, 7) is 2.93. The molecule has 0 aromatic carbocycles. The Morgan fingerprint density at radius 2 is 2.11 bits per heavy atom. The Balaban J connectivity index is 2.14. The zero-order valence-corrected chi connectivity index (χ0v) is 12.0. The van der Waals surface area contributed by atoms with Gasteiger partial charge in [0, 0.05) is 35.7 Å². The molecular formula is C15H18ClN3. The molecule has 1 atom stereocenters. The molecule has 0 spiro atoms. The summed E-state index contributed by atoms with van der Waals surface area (Å²) in [6, 6.07) is 8.14. The van der Waals surface area contributed by atoms with Gasteiger partial charge in [0.1, 0.15) is 0 Å². The molecule has 0 saturated heterocycles. The summed E-state index contributed by atoms with van der Waals surface area (Å²) < 4.78 is 0. The van der Waals surface area contributed by atoms with Gasteiger partial charge in [-0.2, -0.15) is 0 Å². The predicted molar refractivity (Wildman–Crippen MR) is 78.0 cm³/mol. The molecule has 0 N–H and O–H groups in total. The van der Waals surface area contributed by atoms with E-state index in [1.54, 1.807) is 6.20 Å². The second-order valence-electron chi connectivity index (χ2n) is 4.56. The SMILES string of the molecule is CCC(c1ccccn1)N(C)Cc1cnccc1Cl. The van der Waals surface area contributed by atoms with Gasteiger partial charge in [0.25, 0.3) is 0 Å². The second kappa shape index (κ2) is 6.64. The van der Waals surface area contributed by atoms with Crippen LogP contribution < -0.4 is 0 Å². The van der Waals surface area contributed by atoms with Crippen LogP contribution in [0.15, 0.2) is 42.9 Å². The summed E-state index contributed by atoms with van der Waals surface area (Å²) in [5.41, 5.74) is 2.13. The molecule has 0 amide bonds. The number of rotatable bonds is 5. The van der Waals surface area contributed by atoms with Crippen molar-refractivity contribution in [3.05, 3.63) is 59.1 Å². The lowest BCUT2D eigenvalue weighted by Crippen LogP contribution is -2.24. The first-order chi connectivity index (χ1) is 9.22. The van der Waals surface area contributed by atoms with Crippen molar-refractivity contribution >= 4 is 11.6 Å². The van der Waals surface area contributed by atoms with E-state index in [-0.39, 0.29) is 6.04 Å². The fourth-order valence-electron chi connectivity index (χ4n) is 2.23. The first-order valence-corrected chi connectivity index (χ1v) is 6.79. The van der Waals surface area contributed by atoms with Gasteiger partial charge in [-0.1, -0.05) is 24.6 Å². The van der Waals surface area contributed by atoms with Gasteiger partial charge in [0.05, 0.1) is 11.7 Å². The number of hydrogen-bond donors (Lipinski definition) is 0. The minimum atomic E-state index is 0.289. The zero-order chi connectivity index (χ0) is 13.7. The van der Waals surface area contributed by atoms with Crippen molar-refractivity contribution in [2.24, 2.45) is 0 Å². The van der Waals surface area contributed by atoms with E-state index in [1.807, 2.05) is 30.6 Å². The average molecular weight is 276 g/mol. The summed E-state index contributed by atoms with van der Waals surface area (Å²) >= 11 is 6.18. The average Bonchev–Trinajstić information content (AvgIpc) is 2.43. The second-order valence-corrected chi connectivity index (χ2v) is 4.97. The normalized spacial score (nSPS) is 12.6. The van der Waals surface area contributed by atoms with Crippen molar-refractivity contribution in [2.75, 3.05) is 7.05 Å². The van der Waals surface area contributed by atoms with Gasteiger partial charge in [0.2, 0.25) is 0 Å². The first-order valence-electron chi connectivity index (χ1n) is 6.42. The van der Waals surface area contributed by atoms with Crippen LogP contribution in [0.1, 0.15) is 30.6 Å². The third-order valence-electron chi connectivity index (χ3n) is 3.21. The standard InChI is InChI=1S/C15H18ClN3/c1-3-15(14-6-4-5-8-18-14)19(2)11-12-10-17-9-7-13(12)16/h4-10,15H,3,11H2,1-2H3. The molecule has 19 heavy (non-hydrogen) atoms. The Kier molecular flexibility index (Phi) is 4.88. The van der Waals surface area contributed by atoms with Crippen molar-refractivity contribution in [1.82, 2.24) is 14.9 Å². The number of aromatic nitrogens is 2. The van der Waals surface area contributed by atoms with E-state index in [0.29, 0.717) is 0 Å². The van der Waals surface area contributed by atoms with Crippen LogP contribution in [0.25, 0.3) is 0 Å². The van der Waals surface area contributed by atoms with Crippen molar-refractivity contribution in [2.45, 2.75) is 25.9 Å². The molecule has 0 aliphatic heterocycles. The molecule has 3 nitrogen and oxygen atoms in total. The van der Waals surface area contributed by atoms with E-state index in [9.17, 15) is 0 Å². The molecule has 2 rings (SSSR count). The molecule has 0 aliphatic carbocycles. The first kappa shape index (κ1) is 14.0. The number of nitrogens with zero attached hydrogens (tertiary/aromatic N) is 3. The van der Waals surface area contributed by atoms with E-state index in [0.717, 1.165) is 29.2 Å². The van der Waals surface area contributed by atoms with Crippen LogP contribution in [0.4, 0.5) is 0 Å². The minimum absolute atomic E-state index is 0.289. The van der Waals surface area contributed by atoms with E-state index in [1.165, 1.54) is 0 Å². The maximum Gasteiger partial charge on any atom is 0.0575 e. The maximum absolute atomic E-state index is 6.18. The Labute approximate surface area is 119 Å². The van der Waals surface area contributed by atoms with Gasteiger partial charge in [-0.05, 0) is 31.7 Å². The van der Waals surface area contributed by atoms with E-state index in [2.05, 4.69) is 34.9 Å². The van der Waals surface area contributed by atoms with Crippen molar-refractivity contribution < 1.29 is 0 Å². The summed E-state index contributed by atoms with van der Waals surface area (Å²) in [4.78, 5) is 10.8. The predicted octanol–water partition coefficient (Wildman–Crippen LogP) is 3.71.